The SMILES string of the molecule is Fc1c(F)c(F)c([B-](c2c(F)c(F)c(F)c(F)c2F)(c2c(F)c(F)c(F)c(F)c2F)c2c(F)c(F)c(F)c(F)c2F)c(F)c1F.O=C(CF)c1ccc2ccccc2[n+]1Cc1ccccc1. The number of aromatic nitrogens is 1. The molecule has 0 saturated carbocycles. The maximum atomic E-state index is 15.4. The highest BCUT2D eigenvalue weighted by Gasteiger charge is 2.52. The summed E-state index contributed by atoms with van der Waals surface area (Å²) in [7, 11) is 0. The molecule has 0 spiro atoms. The van der Waals surface area contributed by atoms with Crippen molar-refractivity contribution in [3.63, 3.8) is 0 Å². The Bertz CT molecular complexity index is 2750. The van der Waals surface area contributed by atoms with Gasteiger partial charge in [-0.3, -0.25) is 4.79 Å². The summed E-state index contributed by atoms with van der Waals surface area (Å²) >= 11 is 0. The van der Waals surface area contributed by atoms with Crippen LogP contribution >= 0.6 is 0 Å². The van der Waals surface area contributed by atoms with Gasteiger partial charge in [-0.05, 0) is 12.1 Å². The van der Waals surface area contributed by atoms with Crippen molar-refractivity contribution in [1.82, 2.24) is 0 Å². The molecule has 344 valence electrons. The molecule has 0 aliphatic carbocycles. The van der Waals surface area contributed by atoms with E-state index in [-0.39, 0.29) is 0 Å². The molecule has 1 aromatic heterocycles. The molecule has 0 N–H and O–H groups in total. The Labute approximate surface area is 353 Å². The van der Waals surface area contributed by atoms with Gasteiger partial charge in [-0.1, -0.05) is 42.5 Å². The molecule has 1 heterocycles. The lowest BCUT2D eigenvalue weighted by Gasteiger charge is -2.44. The third-order valence-corrected chi connectivity index (χ3v) is 10.2. The van der Waals surface area contributed by atoms with E-state index in [2.05, 4.69) is 0 Å². The number of rotatable bonds is 8. The zero-order valence-electron chi connectivity index (χ0n) is 31.6. The van der Waals surface area contributed by atoms with E-state index in [1.807, 2.05) is 65.2 Å². The maximum absolute atomic E-state index is 15.4. The van der Waals surface area contributed by atoms with Gasteiger partial charge in [-0.15, -0.1) is 21.9 Å². The number of hydrogen-bond acceptors (Lipinski definition) is 1. The number of alkyl halides is 1. The Morgan fingerprint density at radius 3 is 0.970 bits per heavy atom. The monoisotopic (exact) mass is 959 g/mol. The number of pyridine rings is 1. The van der Waals surface area contributed by atoms with E-state index < -0.39 is 157 Å². The average Bonchev–Trinajstić information content (AvgIpc) is 3.31. The summed E-state index contributed by atoms with van der Waals surface area (Å²) in [5, 5.41) is 1.03. The van der Waals surface area contributed by atoms with Crippen LogP contribution in [0.4, 0.5) is 92.2 Å². The van der Waals surface area contributed by atoms with Crippen LogP contribution in [0.25, 0.3) is 10.9 Å². The Balaban J connectivity index is 0.000000284. The number of Topliss-reactive ketones (excluding diaryl/α,β-unsaturated/α-hetero) is 1. The van der Waals surface area contributed by atoms with E-state index in [1.54, 1.807) is 6.07 Å². The van der Waals surface area contributed by atoms with Crippen LogP contribution in [0.2, 0.25) is 0 Å². The number of hydrogen-bond donors (Lipinski definition) is 0. The number of carbonyl (C=O) groups is 1. The van der Waals surface area contributed by atoms with Gasteiger partial charge in [0.2, 0.25) is 5.52 Å². The van der Waals surface area contributed by atoms with Crippen molar-refractivity contribution < 1.29 is 102 Å². The number of carbonyl (C=O) groups excluding carboxylic acids is 1. The summed E-state index contributed by atoms with van der Waals surface area (Å²) in [4.78, 5) is 11.9. The minimum absolute atomic E-state index is 0.403. The lowest BCUT2D eigenvalue weighted by molar-refractivity contribution is -0.664. The maximum Gasteiger partial charge on any atom is 0.257 e. The predicted octanol–water partition coefficient (Wildman–Crippen LogP) is 9.17. The fraction of sp³-hybridized carbons (Fsp3) is 0.0476. The molecule has 7 aromatic rings. The first-order valence-electron chi connectivity index (χ1n) is 17.8. The van der Waals surface area contributed by atoms with Gasteiger partial charge in [0.05, 0.1) is 0 Å². The van der Waals surface area contributed by atoms with Crippen LogP contribution in [-0.4, -0.2) is 18.6 Å². The van der Waals surface area contributed by atoms with Crippen molar-refractivity contribution in [2.75, 3.05) is 6.67 Å². The first-order valence-corrected chi connectivity index (χ1v) is 17.8. The molecule has 24 heteroatoms. The van der Waals surface area contributed by atoms with E-state index in [1.165, 1.54) is 0 Å². The molecule has 0 unspecified atom stereocenters. The van der Waals surface area contributed by atoms with Gasteiger partial charge in [0.15, 0.2) is 83.0 Å². The van der Waals surface area contributed by atoms with Gasteiger partial charge in [0, 0.05) is 23.1 Å². The van der Waals surface area contributed by atoms with Crippen LogP contribution in [0.1, 0.15) is 16.1 Å². The summed E-state index contributed by atoms with van der Waals surface area (Å²) in [6.45, 7) is -0.434. The molecule has 0 saturated heterocycles. The van der Waals surface area contributed by atoms with E-state index in [4.69, 9.17) is 0 Å². The second-order valence-corrected chi connectivity index (χ2v) is 13.7. The van der Waals surface area contributed by atoms with E-state index in [0.717, 1.165) is 16.5 Å². The molecule has 0 aliphatic heterocycles. The highest BCUT2D eigenvalue weighted by atomic mass is 19.2. The van der Waals surface area contributed by atoms with Gasteiger partial charge in [-0.2, -0.15) is 4.57 Å². The van der Waals surface area contributed by atoms with Crippen molar-refractivity contribution in [2.24, 2.45) is 0 Å². The standard InChI is InChI=1S/C24BF20.C18H15FNO/c26-5-1(6(27)14(35)21(42)13(5)34)25(2-7(28)15(36)22(43)16(37)8(2)29,3-9(30)17(38)23(44)18(39)10(3)31)4-11(32)19(40)24(45)20(41)12(4)33;19-12-18(21)17-11-10-15-8-4-5-9-16(15)20(17)13-14-6-2-1-3-7-14/h;1-11H,12-13H2/q-1;+1. The van der Waals surface area contributed by atoms with E-state index in [0.29, 0.717) is 12.2 Å². The van der Waals surface area contributed by atoms with Crippen LogP contribution in [0.3, 0.4) is 0 Å². The molecule has 0 bridgehead atoms. The third kappa shape index (κ3) is 7.44. The van der Waals surface area contributed by atoms with Gasteiger partial charge in [0.25, 0.3) is 11.5 Å². The molecule has 0 aliphatic rings. The van der Waals surface area contributed by atoms with E-state index >= 15 is 35.1 Å². The van der Waals surface area contributed by atoms with Crippen molar-refractivity contribution >= 4 is 44.7 Å². The molecule has 2 nitrogen and oxygen atoms in total. The summed E-state index contributed by atoms with van der Waals surface area (Å²) in [6, 6.07) is 21.2. The molecule has 0 fully saturated rings. The minimum atomic E-state index is -7.22. The first kappa shape index (κ1) is 48.5. The second-order valence-electron chi connectivity index (χ2n) is 13.7. The first-order chi connectivity index (χ1) is 31.0. The van der Waals surface area contributed by atoms with Gasteiger partial charge in [-0.25, -0.2) is 92.2 Å². The van der Waals surface area contributed by atoms with Crippen molar-refractivity contribution in [1.29, 1.82) is 0 Å². The van der Waals surface area contributed by atoms with Gasteiger partial charge < -0.3 is 0 Å². The van der Waals surface area contributed by atoms with Crippen LogP contribution in [-0.2, 0) is 6.54 Å². The Morgan fingerprint density at radius 1 is 0.364 bits per heavy atom. The number of nitrogens with zero attached hydrogens (tertiary/aromatic N) is 1. The lowest BCUT2D eigenvalue weighted by atomic mass is 9.12. The van der Waals surface area contributed by atoms with Crippen molar-refractivity contribution in [2.45, 2.75) is 6.54 Å². The zero-order valence-corrected chi connectivity index (χ0v) is 31.6. The Morgan fingerprint density at radius 2 is 0.652 bits per heavy atom. The van der Waals surface area contributed by atoms with Crippen LogP contribution in [0.5, 0.6) is 0 Å². The van der Waals surface area contributed by atoms with Crippen LogP contribution in [0.15, 0.2) is 66.7 Å². The molecule has 0 atom stereocenters. The van der Waals surface area contributed by atoms with Gasteiger partial charge in [0.1, 0.15) is 52.7 Å². The Kier molecular flexibility index (Phi) is 13.3. The number of halogens is 21. The summed E-state index contributed by atoms with van der Waals surface area (Å²) in [6.07, 6.45) is -7.22. The predicted molar refractivity (Wildman–Crippen MR) is 189 cm³/mol. The van der Waals surface area contributed by atoms with E-state index in [9.17, 15) is 61.9 Å². The van der Waals surface area contributed by atoms with Crippen LogP contribution in [0, 0.1) is 116 Å². The highest BCUT2D eigenvalue weighted by Crippen LogP contribution is 2.31. The topological polar surface area (TPSA) is 20.9 Å². The third-order valence-electron chi connectivity index (χ3n) is 10.2. The minimum Gasteiger partial charge on any atom is -0.284 e. The van der Waals surface area contributed by atoms with Gasteiger partial charge >= 0.3 is 0 Å². The summed E-state index contributed by atoms with van der Waals surface area (Å²) < 4.78 is 309. The molecule has 7 rings (SSSR count). The number of ketones is 1. The lowest BCUT2D eigenvalue weighted by Crippen LogP contribution is -2.81. The fourth-order valence-electron chi connectivity index (χ4n) is 7.39. The quantitative estimate of drug-likeness (QED) is 0.0372. The molecular formula is C42H15BF21NO. The molecule has 0 radical (unpaired) electrons. The average molecular weight is 959 g/mol. The summed E-state index contributed by atoms with van der Waals surface area (Å²) in [5.41, 5.74) is -11.9. The van der Waals surface area contributed by atoms with Crippen molar-refractivity contribution in [3.8, 4) is 0 Å². The normalized spacial score (nSPS) is 11.6. The largest absolute Gasteiger partial charge is 0.284 e. The number of fused-ring (bicyclic) bond motifs is 1. The molecular weight excluding hydrogens is 944 g/mol. The fourth-order valence-corrected chi connectivity index (χ4v) is 7.39. The van der Waals surface area contributed by atoms with Crippen LogP contribution < -0.4 is 26.4 Å². The molecule has 0 amide bonds. The summed E-state index contributed by atoms with van der Waals surface area (Å²) in [5.74, 6) is -71.9. The molecule has 6 aromatic carbocycles. The Hall–Kier alpha value is -7.01. The smallest absolute Gasteiger partial charge is 0.257 e. The second kappa shape index (κ2) is 18.1. The highest BCUT2D eigenvalue weighted by molar-refractivity contribution is 7.20. The van der Waals surface area contributed by atoms with Crippen molar-refractivity contribution in [3.05, 3.63) is 194 Å². The number of para-hydroxylation sites is 1. The number of benzene rings is 6. The molecule has 66 heavy (non-hydrogen) atoms. The zero-order chi connectivity index (χ0) is 49.0.